The first-order valence-corrected chi connectivity index (χ1v) is 9.34. The monoisotopic (exact) mass is 432 g/mol. The maximum atomic E-state index is 13.1. The van der Waals surface area contributed by atoms with Crippen LogP contribution in [0.5, 0.6) is 17.2 Å². The summed E-state index contributed by atoms with van der Waals surface area (Å²) in [5.41, 5.74) is -0.741. The number of ether oxygens (including phenoxy) is 1. The summed E-state index contributed by atoms with van der Waals surface area (Å²) in [6.07, 6.45) is -6.85. The third-order valence-corrected chi connectivity index (χ3v) is 5.41. The zero-order valence-electron chi connectivity index (χ0n) is 15.9. The Bertz CT molecular complexity index is 1170. The molecular formula is C21H20O10. The minimum atomic E-state index is -1.78. The van der Waals surface area contributed by atoms with Crippen molar-refractivity contribution in [2.75, 3.05) is 6.61 Å². The van der Waals surface area contributed by atoms with Gasteiger partial charge in [-0.2, -0.15) is 0 Å². The van der Waals surface area contributed by atoms with Crippen LogP contribution in [0, 0.1) is 0 Å². The van der Waals surface area contributed by atoms with Crippen molar-refractivity contribution in [1.29, 1.82) is 0 Å². The van der Waals surface area contributed by atoms with Gasteiger partial charge in [0.25, 0.3) is 0 Å². The van der Waals surface area contributed by atoms with E-state index in [-0.39, 0.29) is 22.3 Å². The molecule has 10 nitrogen and oxygen atoms in total. The first-order chi connectivity index (χ1) is 14.7. The summed E-state index contributed by atoms with van der Waals surface area (Å²) in [7, 11) is 0. The summed E-state index contributed by atoms with van der Waals surface area (Å²) in [5.74, 6) is -1.34. The number of phenols is 3. The predicted octanol–water partition coefficient (Wildman–Crippen LogP) is 0.0917. The van der Waals surface area contributed by atoms with Crippen LogP contribution in [0.1, 0.15) is 11.7 Å². The van der Waals surface area contributed by atoms with Crippen LogP contribution in [0.3, 0.4) is 0 Å². The van der Waals surface area contributed by atoms with Gasteiger partial charge in [0.15, 0.2) is 0 Å². The van der Waals surface area contributed by atoms with Gasteiger partial charge in [-0.15, -0.1) is 0 Å². The van der Waals surface area contributed by atoms with Crippen molar-refractivity contribution in [2.24, 2.45) is 0 Å². The Balaban J connectivity index is 1.90. The van der Waals surface area contributed by atoms with Crippen LogP contribution in [0.4, 0.5) is 0 Å². The molecule has 2 aromatic carbocycles. The topological polar surface area (TPSA) is 181 Å². The lowest BCUT2D eigenvalue weighted by Crippen LogP contribution is -2.55. The van der Waals surface area contributed by atoms with E-state index >= 15 is 0 Å². The molecule has 0 amide bonds. The van der Waals surface area contributed by atoms with E-state index in [2.05, 4.69) is 0 Å². The highest BCUT2D eigenvalue weighted by Gasteiger charge is 2.46. The minimum absolute atomic E-state index is 0.00778. The predicted molar refractivity (Wildman–Crippen MR) is 106 cm³/mol. The molecule has 1 fully saturated rings. The molecule has 0 saturated carbocycles. The molecule has 2 heterocycles. The second-order valence-electron chi connectivity index (χ2n) is 7.31. The maximum absolute atomic E-state index is 13.1. The zero-order chi connectivity index (χ0) is 22.4. The number of phenolic OH excluding ortho intramolecular Hbond substituents is 3. The Kier molecular flexibility index (Phi) is 5.33. The van der Waals surface area contributed by atoms with Gasteiger partial charge in [0.2, 0.25) is 5.43 Å². The Hall–Kier alpha value is -3.15. The minimum Gasteiger partial charge on any atom is -0.508 e. The van der Waals surface area contributed by atoms with Gasteiger partial charge in [0, 0.05) is 6.07 Å². The first kappa shape index (κ1) is 21.1. The smallest absolute Gasteiger partial charge is 0.204 e. The molecule has 4 rings (SSSR count). The van der Waals surface area contributed by atoms with Crippen molar-refractivity contribution < 1.29 is 44.9 Å². The molecule has 31 heavy (non-hydrogen) atoms. The number of aromatic hydroxyl groups is 3. The number of rotatable bonds is 3. The van der Waals surface area contributed by atoms with Gasteiger partial charge >= 0.3 is 0 Å². The molecule has 1 aromatic heterocycles. The lowest BCUT2D eigenvalue weighted by molar-refractivity contribution is -0.232. The highest BCUT2D eigenvalue weighted by Crippen LogP contribution is 2.44. The van der Waals surface area contributed by atoms with Crippen molar-refractivity contribution in [3.8, 4) is 28.4 Å². The van der Waals surface area contributed by atoms with E-state index in [1.165, 1.54) is 24.3 Å². The maximum Gasteiger partial charge on any atom is 0.204 e. The number of aliphatic hydroxyl groups excluding tert-OH is 4. The van der Waals surface area contributed by atoms with E-state index in [0.29, 0.717) is 5.56 Å². The van der Waals surface area contributed by atoms with Gasteiger partial charge in [-0.3, -0.25) is 4.79 Å². The fourth-order valence-electron chi connectivity index (χ4n) is 3.73. The van der Waals surface area contributed by atoms with Crippen LogP contribution >= 0.6 is 0 Å². The van der Waals surface area contributed by atoms with Crippen LogP contribution in [0.25, 0.3) is 22.1 Å². The molecular weight excluding hydrogens is 412 g/mol. The fraction of sp³-hybridized carbons (Fsp3) is 0.286. The molecule has 1 saturated heterocycles. The van der Waals surface area contributed by atoms with Crippen molar-refractivity contribution in [2.45, 2.75) is 30.5 Å². The average Bonchev–Trinajstić information content (AvgIpc) is 2.74. The Labute approximate surface area is 174 Å². The highest BCUT2D eigenvalue weighted by molar-refractivity contribution is 5.90. The lowest BCUT2D eigenvalue weighted by Gasteiger charge is -2.40. The first-order valence-electron chi connectivity index (χ1n) is 9.34. The average molecular weight is 432 g/mol. The number of fused-ring (bicyclic) bond motifs is 1. The van der Waals surface area contributed by atoms with E-state index in [9.17, 15) is 40.5 Å². The van der Waals surface area contributed by atoms with E-state index in [0.717, 1.165) is 12.3 Å². The summed E-state index contributed by atoms with van der Waals surface area (Å²) >= 11 is 0. The lowest BCUT2D eigenvalue weighted by atomic mass is 9.89. The second-order valence-corrected chi connectivity index (χ2v) is 7.31. The molecule has 3 aromatic rings. The molecule has 0 spiro atoms. The molecule has 1 aliphatic rings. The van der Waals surface area contributed by atoms with Crippen molar-refractivity contribution in [3.05, 3.63) is 52.4 Å². The highest BCUT2D eigenvalue weighted by atomic mass is 16.5. The Morgan fingerprint density at radius 1 is 0.935 bits per heavy atom. The third kappa shape index (κ3) is 3.40. The summed E-state index contributed by atoms with van der Waals surface area (Å²) in [6.45, 7) is -0.705. The number of aliphatic hydroxyl groups is 4. The fourth-order valence-corrected chi connectivity index (χ4v) is 3.73. The van der Waals surface area contributed by atoms with E-state index in [4.69, 9.17) is 9.15 Å². The molecule has 10 heteroatoms. The molecule has 5 atom stereocenters. The van der Waals surface area contributed by atoms with Crippen molar-refractivity contribution >= 4 is 11.0 Å². The van der Waals surface area contributed by atoms with Gasteiger partial charge in [0.1, 0.15) is 65.0 Å². The van der Waals surface area contributed by atoms with Crippen molar-refractivity contribution in [1.82, 2.24) is 0 Å². The van der Waals surface area contributed by atoms with Crippen LogP contribution in [-0.2, 0) is 4.74 Å². The van der Waals surface area contributed by atoms with Gasteiger partial charge in [-0.1, -0.05) is 12.1 Å². The number of hydrogen-bond acceptors (Lipinski definition) is 10. The SMILES string of the molecule is O=c1c(-c2ccc(O)cc2)coc2cc(O)c([C@H]3O[C@@H](CO)[C@H](O)[C@@H](O)[C@@H]3O)c(O)c12. The molecule has 1 aliphatic heterocycles. The quantitative estimate of drug-likeness (QED) is 0.300. The molecule has 7 N–H and O–H groups in total. The third-order valence-electron chi connectivity index (χ3n) is 5.41. The summed E-state index contributed by atoms with van der Waals surface area (Å²) in [6, 6.07) is 6.74. The van der Waals surface area contributed by atoms with Crippen molar-refractivity contribution in [3.63, 3.8) is 0 Å². The molecule has 164 valence electrons. The standard InChI is InChI=1S/C21H20O10/c22-6-13-17(26)19(28)20(29)21(31-13)14-11(24)5-12-15(18(14)27)16(25)10(7-30-12)8-1-3-9(23)4-2-8/h1-5,7,13,17,19-24,26-29H,6H2/t13-,17-,19+,20-,21+/m0/s1. The number of hydrogen-bond donors (Lipinski definition) is 7. The summed E-state index contributed by atoms with van der Waals surface area (Å²) in [5, 5.41) is 70.2. The van der Waals surface area contributed by atoms with Gasteiger partial charge in [-0.05, 0) is 17.7 Å². The summed E-state index contributed by atoms with van der Waals surface area (Å²) < 4.78 is 10.8. The molecule has 0 aliphatic carbocycles. The van der Waals surface area contributed by atoms with Crippen LogP contribution in [-0.4, -0.2) is 66.8 Å². The van der Waals surface area contributed by atoms with E-state index < -0.39 is 59.6 Å². The summed E-state index contributed by atoms with van der Waals surface area (Å²) in [4.78, 5) is 13.1. The Morgan fingerprint density at radius 2 is 1.61 bits per heavy atom. The van der Waals surface area contributed by atoms with E-state index in [1.807, 2.05) is 0 Å². The largest absolute Gasteiger partial charge is 0.508 e. The van der Waals surface area contributed by atoms with Gasteiger partial charge in [0.05, 0.1) is 17.7 Å². The normalized spacial score (nSPS) is 26.3. The zero-order valence-corrected chi connectivity index (χ0v) is 15.9. The van der Waals surface area contributed by atoms with Crippen LogP contribution in [0.2, 0.25) is 0 Å². The molecule has 0 unspecified atom stereocenters. The van der Waals surface area contributed by atoms with Crippen LogP contribution < -0.4 is 5.43 Å². The number of benzene rings is 2. The van der Waals surface area contributed by atoms with Gasteiger partial charge in [-0.25, -0.2) is 0 Å². The van der Waals surface area contributed by atoms with E-state index in [1.54, 1.807) is 0 Å². The molecule has 0 bridgehead atoms. The van der Waals surface area contributed by atoms with Gasteiger partial charge < -0.3 is 44.9 Å². The second kappa shape index (κ2) is 7.84. The Morgan fingerprint density at radius 3 is 2.26 bits per heavy atom. The molecule has 0 radical (unpaired) electrons. The van der Waals surface area contributed by atoms with Crippen LogP contribution in [0.15, 0.2) is 45.8 Å².